The SMILES string of the molecule is CN1C2=CC=CCC2C(C)(C)c2ccccc21. The minimum Gasteiger partial charge on any atom is -0.348 e. The molecule has 0 saturated heterocycles. The van der Waals surface area contributed by atoms with Crippen molar-refractivity contribution in [2.24, 2.45) is 5.92 Å². The van der Waals surface area contributed by atoms with E-state index in [9.17, 15) is 0 Å². The van der Waals surface area contributed by atoms with Crippen LogP contribution in [0.5, 0.6) is 0 Å². The van der Waals surface area contributed by atoms with E-state index in [0.717, 1.165) is 6.42 Å². The Morgan fingerprint density at radius 3 is 2.82 bits per heavy atom. The minimum absolute atomic E-state index is 0.222. The summed E-state index contributed by atoms with van der Waals surface area (Å²) in [6.07, 6.45) is 7.90. The minimum atomic E-state index is 0.222. The van der Waals surface area contributed by atoms with E-state index in [1.807, 2.05) is 0 Å². The summed E-state index contributed by atoms with van der Waals surface area (Å²) in [7, 11) is 2.19. The number of hydrogen-bond acceptors (Lipinski definition) is 1. The zero-order valence-electron chi connectivity index (χ0n) is 10.8. The molecule has 1 aliphatic heterocycles. The van der Waals surface area contributed by atoms with Gasteiger partial charge in [0, 0.05) is 29.8 Å². The summed E-state index contributed by atoms with van der Waals surface area (Å²) in [4.78, 5) is 2.36. The van der Waals surface area contributed by atoms with Gasteiger partial charge in [0.05, 0.1) is 0 Å². The highest BCUT2D eigenvalue weighted by Crippen LogP contribution is 2.49. The summed E-state index contributed by atoms with van der Waals surface area (Å²) in [6.45, 7) is 4.74. The molecule has 1 aromatic rings. The lowest BCUT2D eigenvalue weighted by Crippen LogP contribution is -2.42. The molecular weight excluding hydrogens is 206 g/mol. The highest BCUT2D eigenvalue weighted by molar-refractivity contribution is 5.65. The second kappa shape index (κ2) is 3.49. The van der Waals surface area contributed by atoms with Crippen LogP contribution >= 0.6 is 0 Å². The predicted molar refractivity (Wildman–Crippen MR) is 73.2 cm³/mol. The van der Waals surface area contributed by atoms with Crippen molar-refractivity contribution in [2.45, 2.75) is 25.7 Å². The molecule has 1 aromatic carbocycles. The Hall–Kier alpha value is -1.50. The smallest absolute Gasteiger partial charge is 0.0444 e. The molecule has 1 aliphatic carbocycles. The number of benzene rings is 1. The first kappa shape index (κ1) is 10.6. The summed E-state index contributed by atoms with van der Waals surface area (Å²) in [5.74, 6) is 0.604. The lowest BCUT2D eigenvalue weighted by molar-refractivity contribution is 0.347. The zero-order valence-corrected chi connectivity index (χ0v) is 10.8. The van der Waals surface area contributed by atoms with Crippen molar-refractivity contribution in [1.29, 1.82) is 0 Å². The summed E-state index contributed by atoms with van der Waals surface area (Å²) >= 11 is 0. The largest absolute Gasteiger partial charge is 0.348 e. The van der Waals surface area contributed by atoms with E-state index in [1.165, 1.54) is 16.9 Å². The third-order valence-electron chi connectivity index (χ3n) is 4.35. The van der Waals surface area contributed by atoms with Gasteiger partial charge in [0.1, 0.15) is 0 Å². The van der Waals surface area contributed by atoms with Crippen LogP contribution in [0.25, 0.3) is 0 Å². The van der Waals surface area contributed by atoms with Crippen molar-refractivity contribution in [2.75, 3.05) is 11.9 Å². The number of para-hydroxylation sites is 1. The van der Waals surface area contributed by atoms with E-state index in [1.54, 1.807) is 0 Å². The lowest BCUT2D eigenvalue weighted by Gasteiger charge is -2.47. The Morgan fingerprint density at radius 1 is 1.24 bits per heavy atom. The highest BCUT2D eigenvalue weighted by atomic mass is 15.1. The normalized spacial score (nSPS) is 25.0. The molecule has 0 spiro atoms. The molecule has 0 amide bonds. The molecule has 1 nitrogen and oxygen atoms in total. The fraction of sp³-hybridized carbons (Fsp3) is 0.375. The number of nitrogens with zero attached hydrogens (tertiary/aromatic N) is 1. The summed E-state index contributed by atoms with van der Waals surface area (Å²) < 4.78 is 0. The lowest BCUT2D eigenvalue weighted by atomic mass is 9.66. The standard InChI is InChI=1S/C16H19N/c1-16(2)12-8-4-6-10-14(12)17(3)15-11-7-5-9-13(15)16/h4-8,10-11,13H,9H2,1-3H3. The number of rotatable bonds is 0. The van der Waals surface area contributed by atoms with Gasteiger partial charge in [-0.25, -0.2) is 0 Å². The van der Waals surface area contributed by atoms with Crippen molar-refractivity contribution in [3.63, 3.8) is 0 Å². The molecule has 3 rings (SSSR count). The first-order valence-corrected chi connectivity index (χ1v) is 6.32. The molecule has 2 aliphatic rings. The molecule has 0 radical (unpaired) electrons. The van der Waals surface area contributed by atoms with Crippen molar-refractivity contribution >= 4 is 5.69 Å². The van der Waals surface area contributed by atoms with Gasteiger partial charge >= 0.3 is 0 Å². The average Bonchev–Trinajstić information content (AvgIpc) is 2.37. The van der Waals surface area contributed by atoms with Gasteiger partial charge in [0.25, 0.3) is 0 Å². The molecule has 0 saturated carbocycles. The maximum absolute atomic E-state index is 2.37. The number of allylic oxidation sites excluding steroid dienone is 4. The van der Waals surface area contributed by atoms with Crippen molar-refractivity contribution in [3.8, 4) is 0 Å². The van der Waals surface area contributed by atoms with Gasteiger partial charge in [0.2, 0.25) is 0 Å². The van der Waals surface area contributed by atoms with Gasteiger partial charge in [-0.2, -0.15) is 0 Å². The Bertz CT molecular complexity index is 508. The first-order chi connectivity index (χ1) is 8.12. The highest BCUT2D eigenvalue weighted by Gasteiger charge is 2.41. The van der Waals surface area contributed by atoms with Crippen molar-refractivity contribution in [1.82, 2.24) is 0 Å². The second-order valence-corrected chi connectivity index (χ2v) is 5.61. The van der Waals surface area contributed by atoms with Gasteiger partial charge in [-0.15, -0.1) is 0 Å². The third kappa shape index (κ3) is 1.38. The maximum Gasteiger partial charge on any atom is 0.0444 e. The average molecular weight is 225 g/mol. The van der Waals surface area contributed by atoms with Crippen molar-refractivity contribution < 1.29 is 0 Å². The van der Waals surface area contributed by atoms with Gasteiger partial charge in [-0.3, -0.25) is 0 Å². The summed E-state index contributed by atoms with van der Waals surface area (Å²) in [6, 6.07) is 8.79. The Morgan fingerprint density at radius 2 is 2.00 bits per heavy atom. The predicted octanol–water partition coefficient (Wildman–Crippen LogP) is 3.87. The van der Waals surface area contributed by atoms with Crippen LogP contribution in [-0.2, 0) is 5.41 Å². The van der Waals surface area contributed by atoms with Gasteiger partial charge in [-0.05, 0) is 24.1 Å². The van der Waals surface area contributed by atoms with E-state index in [2.05, 4.69) is 68.3 Å². The molecule has 1 unspecified atom stereocenters. The summed E-state index contributed by atoms with van der Waals surface area (Å²) in [5.41, 5.74) is 4.51. The van der Waals surface area contributed by atoms with Gasteiger partial charge in [-0.1, -0.05) is 44.2 Å². The van der Waals surface area contributed by atoms with E-state index < -0.39 is 0 Å². The zero-order chi connectivity index (χ0) is 12.0. The van der Waals surface area contributed by atoms with E-state index in [-0.39, 0.29) is 5.41 Å². The summed E-state index contributed by atoms with van der Waals surface area (Å²) in [5, 5.41) is 0. The fourth-order valence-electron chi connectivity index (χ4n) is 3.27. The molecule has 1 atom stereocenters. The van der Waals surface area contributed by atoms with Crippen LogP contribution in [0.3, 0.4) is 0 Å². The first-order valence-electron chi connectivity index (χ1n) is 6.32. The quantitative estimate of drug-likeness (QED) is 0.647. The third-order valence-corrected chi connectivity index (χ3v) is 4.35. The van der Waals surface area contributed by atoms with E-state index in [0.29, 0.717) is 5.92 Å². The van der Waals surface area contributed by atoms with Crippen LogP contribution < -0.4 is 4.90 Å². The molecule has 1 heteroatoms. The fourth-order valence-corrected chi connectivity index (χ4v) is 3.27. The molecule has 1 heterocycles. The van der Waals surface area contributed by atoms with Gasteiger partial charge < -0.3 is 4.90 Å². The second-order valence-electron chi connectivity index (χ2n) is 5.61. The van der Waals surface area contributed by atoms with Crippen molar-refractivity contribution in [3.05, 3.63) is 53.8 Å². The number of fused-ring (bicyclic) bond motifs is 2. The van der Waals surface area contributed by atoms with Crippen LogP contribution in [0.2, 0.25) is 0 Å². The molecular formula is C16H19N. The van der Waals surface area contributed by atoms with Crippen LogP contribution in [0.4, 0.5) is 5.69 Å². The van der Waals surface area contributed by atoms with E-state index >= 15 is 0 Å². The molecule has 0 bridgehead atoms. The monoisotopic (exact) mass is 225 g/mol. The van der Waals surface area contributed by atoms with E-state index in [4.69, 9.17) is 0 Å². The molecule has 17 heavy (non-hydrogen) atoms. The van der Waals surface area contributed by atoms with Gasteiger partial charge in [0.15, 0.2) is 0 Å². The topological polar surface area (TPSA) is 3.24 Å². The van der Waals surface area contributed by atoms with Crippen LogP contribution in [-0.4, -0.2) is 7.05 Å². The number of anilines is 1. The van der Waals surface area contributed by atoms with Crippen LogP contribution in [0.1, 0.15) is 25.8 Å². The molecule has 88 valence electrons. The Kier molecular flexibility index (Phi) is 2.19. The van der Waals surface area contributed by atoms with Crippen LogP contribution in [0.15, 0.2) is 48.2 Å². The van der Waals surface area contributed by atoms with Crippen LogP contribution in [0, 0.1) is 5.92 Å². The number of hydrogen-bond donors (Lipinski definition) is 0. The Labute approximate surface area is 103 Å². The Balaban J connectivity index is 2.24. The molecule has 0 aromatic heterocycles. The molecule has 0 N–H and O–H groups in total. The maximum atomic E-state index is 2.37. The molecule has 0 fully saturated rings.